The molecule has 3 rings (SSSR count). The predicted octanol–water partition coefficient (Wildman–Crippen LogP) is 3.84. The number of rotatable bonds is 7. The van der Waals surface area contributed by atoms with E-state index in [4.69, 9.17) is 4.74 Å². The first kappa shape index (κ1) is 18.0. The van der Waals surface area contributed by atoms with Gasteiger partial charge in [0, 0.05) is 19.0 Å². The number of para-hydroxylation sites is 2. The van der Waals surface area contributed by atoms with Crippen molar-refractivity contribution in [3.05, 3.63) is 60.2 Å². The Labute approximate surface area is 153 Å². The lowest BCUT2D eigenvalue weighted by Crippen LogP contribution is -2.20. The molecule has 0 aromatic heterocycles. The Morgan fingerprint density at radius 2 is 1.62 bits per heavy atom. The van der Waals surface area contributed by atoms with Crippen molar-refractivity contribution in [2.45, 2.75) is 31.6 Å². The Balaban J connectivity index is 1.72. The van der Waals surface area contributed by atoms with E-state index in [1.54, 1.807) is 6.07 Å². The maximum atomic E-state index is 12.5. The molecule has 136 valence electrons. The summed E-state index contributed by atoms with van der Waals surface area (Å²) in [6, 6.07) is 16.8. The van der Waals surface area contributed by atoms with Gasteiger partial charge in [-0.2, -0.15) is 0 Å². The number of esters is 1. The number of carboxylic acids is 1. The molecular weight excluding hydrogens is 330 g/mol. The van der Waals surface area contributed by atoms with Crippen molar-refractivity contribution in [2.24, 2.45) is 0 Å². The summed E-state index contributed by atoms with van der Waals surface area (Å²) in [5, 5.41) is 9.18. The number of hydrogen-bond donors (Lipinski definition) is 1. The number of benzene rings is 2. The molecule has 2 aromatic carbocycles. The van der Waals surface area contributed by atoms with Gasteiger partial charge in [0.15, 0.2) is 5.75 Å². The molecule has 1 N–H and O–H groups in total. The molecule has 26 heavy (non-hydrogen) atoms. The van der Waals surface area contributed by atoms with E-state index in [1.165, 1.54) is 0 Å². The highest BCUT2D eigenvalue weighted by atomic mass is 16.5. The van der Waals surface area contributed by atoms with E-state index in [9.17, 15) is 14.7 Å². The summed E-state index contributed by atoms with van der Waals surface area (Å²) in [7, 11) is 0. The van der Waals surface area contributed by atoms with Gasteiger partial charge in [0.25, 0.3) is 0 Å². The van der Waals surface area contributed by atoms with E-state index in [0.717, 1.165) is 37.2 Å². The van der Waals surface area contributed by atoms with Gasteiger partial charge < -0.3 is 14.7 Å². The van der Waals surface area contributed by atoms with Crippen LogP contribution in [0.1, 0.15) is 37.2 Å². The molecule has 1 aliphatic heterocycles. The molecule has 5 nitrogen and oxygen atoms in total. The third-order valence-electron chi connectivity index (χ3n) is 4.64. The molecule has 1 aliphatic rings. The zero-order valence-electron chi connectivity index (χ0n) is 14.6. The first-order chi connectivity index (χ1) is 12.6. The Kier molecular flexibility index (Phi) is 5.89. The fraction of sp³-hybridized carbons (Fsp3) is 0.333. The van der Waals surface area contributed by atoms with Crippen LogP contribution in [0, 0.1) is 0 Å². The van der Waals surface area contributed by atoms with Crippen molar-refractivity contribution in [2.75, 3.05) is 18.0 Å². The molecule has 1 heterocycles. The number of carboxylic acid groups (broad SMARTS) is 1. The molecule has 5 heteroatoms. The van der Waals surface area contributed by atoms with E-state index in [1.807, 2.05) is 48.5 Å². The first-order valence-electron chi connectivity index (χ1n) is 8.95. The minimum absolute atomic E-state index is 0.0324. The van der Waals surface area contributed by atoms with Crippen LogP contribution in [0.5, 0.6) is 5.75 Å². The summed E-state index contributed by atoms with van der Waals surface area (Å²) in [6.07, 6.45) is 2.20. The average molecular weight is 353 g/mol. The van der Waals surface area contributed by atoms with Gasteiger partial charge in [-0.1, -0.05) is 42.5 Å². The van der Waals surface area contributed by atoms with E-state index in [2.05, 4.69) is 4.90 Å². The number of anilines is 1. The quantitative estimate of drug-likeness (QED) is 0.605. The zero-order chi connectivity index (χ0) is 18.4. The molecule has 0 radical (unpaired) electrons. The topological polar surface area (TPSA) is 66.8 Å². The summed E-state index contributed by atoms with van der Waals surface area (Å²) in [4.78, 5) is 25.9. The van der Waals surface area contributed by atoms with Crippen molar-refractivity contribution in [3.8, 4) is 5.75 Å². The number of nitrogens with zero attached hydrogens (tertiary/aromatic N) is 1. The summed E-state index contributed by atoms with van der Waals surface area (Å²) in [5.74, 6) is -1.20. The molecule has 0 bridgehead atoms. The van der Waals surface area contributed by atoms with Gasteiger partial charge in [-0.25, -0.2) is 0 Å². The number of aliphatic carboxylic acids is 1. The standard InChI is InChI=1S/C21H23NO4/c23-20(24)14-17(16-8-2-1-3-9-16)15-21(25)26-19-11-5-4-10-18(19)22-12-6-7-13-22/h1-5,8-11,17H,6-7,12-15H2,(H,23,24)/t17-/m0/s1. The summed E-state index contributed by atoms with van der Waals surface area (Å²) < 4.78 is 5.62. The second kappa shape index (κ2) is 8.52. The minimum Gasteiger partial charge on any atom is -0.481 e. The molecule has 0 unspecified atom stereocenters. The maximum absolute atomic E-state index is 12.5. The molecular formula is C21H23NO4. The zero-order valence-corrected chi connectivity index (χ0v) is 14.6. The fourth-order valence-electron chi connectivity index (χ4n) is 3.37. The van der Waals surface area contributed by atoms with Crippen LogP contribution >= 0.6 is 0 Å². The largest absolute Gasteiger partial charge is 0.481 e. The first-order valence-corrected chi connectivity index (χ1v) is 8.95. The lowest BCUT2D eigenvalue weighted by atomic mass is 9.92. The van der Waals surface area contributed by atoms with E-state index in [-0.39, 0.29) is 12.8 Å². The summed E-state index contributed by atoms with van der Waals surface area (Å²) >= 11 is 0. The molecule has 1 saturated heterocycles. The highest BCUT2D eigenvalue weighted by molar-refractivity contribution is 5.77. The average Bonchev–Trinajstić information content (AvgIpc) is 3.16. The minimum atomic E-state index is -0.927. The Hall–Kier alpha value is -2.82. The second-order valence-electron chi connectivity index (χ2n) is 6.55. The van der Waals surface area contributed by atoms with Crippen LogP contribution in [0.2, 0.25) is 0 Å². The van der Waals surface area contributed by atoms with Gasteiger partial charge in [0.1, 0.15) is 0 Å². The molecule has 0 spiro atoms. The van der Waals surface area contributed by atoms with Crippen LogP contribution in [0.25, 0.3) is 0 Å². The summed E-state index contributed by atoms with van der Waals surface area (Å²) in [5.41, 5.74) is 1.76. The maximum Gasteiger partial charge on any atom is 0.311 e. The Morgan fingerprint density at radius 1 is 0.962 bits per heavy atom. The number of ether oxygens (including phenoxy) is 1. The number of hydrogen-bond acceptors (Lipinski definition) is 4. The lowest BCUT2D eigenvalue weighted by Gasteiger charge is -2.21. The normalized spacial score (nSPS) is 14.8. The lowest BCUT2D eigenvalue weighted by molar-refractivity contribution is -0.138. The van der Waals surface area contributed by atoms with Crippen LogP contribution in [0.4, 0.5) is 5.69 Å². The Morgan fingerprint density at radius 3 is 2.31 bits per heavy atom. The SMILES string of the molecule is O=C(O)C[C@@H](CC(=O)Oc1ccccc1N1CCCC1)c1ccccc1. The van der Waals surface area contributed by atoms with E-state index < -0.39 is 17.9 Å². The Bertz CT molecular complexity index is 754. The molecule has 1 atom stereocenters. The van der Waals surface area contributed by atoms with Gasteiger partial charge in [-0.05, 0) is 30.5 Å². The van der Waals surface area contributed by atoms with Crippen LogP contribution in [-0.2, 0) is 9.59 Å². The highest BCUT2D eigenvalue weighted by Crippen LogP contribution is 2.32. The van der Waals surface area contributed by atoms with Crippen molar-refractivity contribution >= 4 is 17.6 Å². The fourth-order valence-corrected chi connectivity index (χ4v) is 3.37. The molecule has 0 amide bonds. The molecule has 1 fully saturated rings. The molecule has 2 aromatic rings. The number of carbonyl (C=O) groups is 2. The highest BCUT2D eigenvalue weighted by Gasteiger charge is 2.22. The van der Waals surface area contributed by atoms with Gasteiger partial charge in [0.05, 0.1) is 18.5 Å². The predicted molar refractivity (Wildman–Crippen MR) is 99.6 cm³/mol. The molecule has 0 saturated carbocycles. The van der Waals surface area contributed by atoms with Gasteiger partial charge in [-0.3, -0.25) is 9.59 Å². The van der Waals surface area contributed by atoms with Crippen molar-refractivity contribution < 1.29 is 19.4 Å². The van der Waals surface area contributed by atoms with Crippen molar-refractivity contribution in [3.63, 3.8) is 0 Å². The third kappa shape index (κ3) is 4.63. The summed E-state index contributed by atoms with van der Waals surface area (Å²) in [6.45, 7) is 1.92. The van der Waals surface area contributed by atoms with Crippen LogP contribution in [0.3, 0.4) is 0 Å². The van der Waals surface area contributed by atoms with Gasteiger partial charge in [0.2, 0.25) is 0 Å². The number of carbonyl (C=O) groups excluding carboxylic acids is 1. The van der Waals surface area contributed by atoms with Crippen LogP contribution < -0.4 is 9.64 Å². The van der Waals surface area contributed by atoms with Crippen molar-refractivity contribution in [1.29, 1.82) is 0 Å². The second-order valence-corrected chi connectivity index (χ2v) is 6.55. The molecule has 0 aliphatic carbocycles. The smallest absolute Gasteiger partial charge is 0.311 e. The van der Waals surface area contributed by atoms with E-state index >= 15 is 0 Å². The van der Waals surface area contributed by atoms with Crippen LogP contribution in [0.15, 0.2) is 54.6 Å². The van der Waals surface area contributed by atoms with E-state index in [0.29, 0.717) is 5.75 Å². The third-order valence-corrected chi connectivity index (χ3v) is 4.64. The van der Waals surface area contributed by atoms with Crippen molar-refractivity contribution in [1.82, 2.24) is 0 Å². The monoisotopic (exact) mass is 353 g/mol. The van der Waals surface area contributed by atoms with Gasteiger partial charge >= 0.3 is 11.9 Å². The van der Waals surface area contributed by atoms with Crippen LogP contribution in [-0.4, -0.2) is 30.1 Å². The van der Waals surface area contributed by atoms with Gasteiger partial charge in [-0.15, -0.1) is 0 Å².